The largest absolute Gasteiger partial charge is 0.493 e. The van der Waals surface area contributed by atoms with Gasteiger partial charge in [0.25, 0.3) is 5.91 Å². The van der Waals surface area contributed by atoms with E-state index < -0.39 is 0 Å². The average molecular weight is 424 g/mol. The fourth-order valence-electron chi connectivity index (χ4n) is 3.58. The molecule has 0 spiro atoms. The Morgan fingerprint density at radius 3 is 2.41 bits per heavy atom. The van der Waals surface area contributed by atoms with E-state index in [1.54, 1.807) is 6.21 Å². The van der Waals surface area contributed by atoms with Crippen molar-refractivity contribution < 1.29 is 9.53 Å². The molecule has 5 heteroatoms. The van der Waals surface area contributed by atoms with Crippen molar-refractivity contribution in [2.45, 2.75) is 13.8 Å². The number of benzene rings is 3. The Morgan fingerprint density at radius 1 is 0.938 bits per heavy atom. The molecule has 1 aromatic heterocycles. The van der Waals surface area contributed by atoms with Gasteiger partial charge in [-0.2, -0.15) is 5.10 Å². The van der Waals surface area contributed by atoms with Gasteiger partial charge in [-0.05, 0) is 67.9 Å². The molecule has 0 radical (unpaired) electrons. The quantitative estimate of drug-likeness (QED) is 0.310. The number of hydrogen-bond donors (Lipinski definition) is 1. The molecule has 160 valence electrons. The summed E-state index contributed by atoms with van der Waals surface area (Å²) < 4.78 is 7.75. The molecule has 32 heavy (non-hydrogen) atoms. The van der Waals surface area contributed by atoms with E-state index in [1.165, 1.54) is 0 Å². The van der Waals surface area contributed by atoms with Crippen molar-refractivity contribution >= 4 is 12.1 Å². The van der Waals surface area contributed by atoms with E-state index in [4.69, 9.17) is 4.74 Å². The normalized spacial score (nSPS) is 10.9. The summed E-state index contributed by atoms with van der Waals surface area (Å²) in [5.74, 6) is 0.461. The minimum Gasteiger partial charge on any atom is -0.493 e. The van der Waals surface area contributed by atoms with Crippen molar-refractivity contribution in [3.8, 4) is 22.7 Å². The molecular weight excluding hydrogens is 398 g/mol. The maximum Gasteiger partial charge on any atom is 0.271 e. The van der Waals surface area contributed by atoms with Gasteiger partial charge < -0.3 is 9.30 Å². The zero-order chi connectivity index (χ0) is 22.3. The van der Waals surface area contributed by atoms with Crippen LogP contribution in [0.4, 0.5) is 0 Å². The topological polar surface area (TPSA) is 55.6 Å². The second kappa shape index (κ2) is 9.79. The van der Waals surface area contributed by atoms with Crippen molar-refractivity contribution in [2.24, 2.45) is 5.10 Å². The van der Waals surface area contributed by atoms with Gasteiger partial charge in [0, 0.05) is 22.5 Å². The van der Waals surface area contributed by atoms with Gasteiger partial charge in [0.2, 0.25) is 0 Å². The Hall–Kier alpha value is -4.12. The summed E-state index contributed by atoms with van der Waals surface area (Å²) in [6, 6.07) is 29.5. The molecular formula is C27H25N3O2. The van der Waals surface area contributed by atoms with Crippen LogP contribution in [-0.4, -0.2) is 23.3 Å². The van der Waals surface area contributed by atoms with Gasteiger partial charge in [-0.3, -0.25) is 4.79 Å². The fourth-order valence-corrected chi connectivity index (χ4v) is 3.58. The number of carbonyl (C=O) groups is 1. The zero-order valence-electron chi connectivity index (χ0n) is 18.2. The summed E-state index contributed by atoms with van der Waals surface area (Å²) in [5.41, 5.74) is 8.30. The first-order chi connectivity index (χ1) is 15.7. The van der Waals surface area contributed by atoms with Gasteiger partial charge in [-0.15, -0.1) is 0 Å². The molecule has 0 aliphatic rings. The highest BCUT2D eigenvalue weighted by Gasteiger charge is 2.11. The molecule has 4 aromatic rings. The molecule has 1 heterocycles. The smallest absolute Gasteiger partial charge is 0.271 e. The Morgan fingerprint density at radius 2 is 1.66 bits per heavy atom. The Labute approximate surface area is 188 Å². The number of hydrogen-bond acceptors (Lipinski definition) is 3. The minimum atomic E-state index is -0.269. The van der Waals surface area contributed by atoms with Crippen LogP contribution in [0.25, 0.3) is 16.9 Å². The Balaban J connectivity index is 1.49. The molecule has 1 N–H and O–H groups in total. The molecule has 0 unspecified atom stereocenters. The van der Waals surface area contributed by atoms with Crippen LogP contribution in [0.5, 0.6) is 5.75 Å². The Bertz CT molecular complexity index is 1230. The molecule has 0 bridgehead atoms. The molecule has 0 saturated heterocycles. The minimum absolute atomic E-state index is 0.269. The number of carbonyl (C=O) groups excluding carboxylic acids is 1. The number of amides is 1. The third-order valence-electron chi connectivity index (χ3n) is 5.12. The van der Waals surface area contributed by atoms with Gasteiger partial charge >= 0.3 is 0 Å². The molecule has 1 amide bonds. The highest BCUT2D eigenvalue weighted by molar-refractivity contribution is 5.95. The van der Waals surface area contributed by atoms with Crippen LogP contribution in [0.3, 0.4) is 0 Å². The summed E-state index contributed by atoms with van der Waals surface area (Å²) in [7, 11) is 0. The van der Waals surface area contributed by atoms with E-state index in [0.717, 1.165) is 34.0 Å². The van der Waals surface area contributed by atoms with E-state index in [0.29, 0.717) is 12.2 Å². The molecule has 0 aliphatic carbocycles. The molecule has 4 rings (SSSR count). The monoisotopic (exact) mass is 423 g/mol. The lowest BCUT2D eigenvalue weighted by atomic mass is 10.1. The summed E-state index contributed by atoms with van der Waals surface area (Å²) in [6.07, 6.45) is 1.59. The van der Waals surface area contributed by atoms with Crippen molar-refractivity contribution in [1.82, 2.24) is 9.99 Å². The summed E-state index contributed by atoms with van der Waals surface area (Å²) >= 11 is 0. The van der Waals surface area contributed by atoms with Gasteiger partial charge in [0.15, 0.2) is 0 Å². The standard InChI is InChI=1S/C27H25N3O2/c1-3-32-26-12-8-7-11-23(26)19-28-29-27(31)22-14-16-24(17-15-22)30-20(2)13-18-25(30)21-9-5-4-6-10-21/h4-19H,3H2,1-2H3,(H,29,31)/b28-19+. The third-order valence-corrected chi connectivity index (χ3v) is 5.12. The predicted molar refractivity (Wildman–Crippen MR) is 129 cm³/mol. The number of rotatable bonds is 7. The molecule has 0 aliphatic heterocycles. The molecule has 0 atom stereocenters. The van der Waals surface area contributed by atoms with Crippen molar-refractivity contribution in [3.05, 3.63) is 108 Å². The number of para-hydroxylation sites is 1. The van der Waals surface area contributed by atoms with Crippen LogP contribution in [0, 0.1) is 6.92 Å². The van der Waals surface area contributed by atoms with Gasteiger partial charge in [-0.25, -0.2) is 5.43 Å². The second-order valence-electron chi connectivity index (χ2n) is 7.28. The second-order valence-corrected chi connectivity index (χ2v) is 7.28. The van der Waals surface area contributed by atoms with Crippen LogP contribution in [-0.2, 0) is 0 Å². The van der Waals surface area contributed by atoms with Crippen LogP contribution in [0.2, 0.25) is 0 Å². The van der Waals surface area contributed by atoms with Crippen LogP contribution >= 0.6 is 0 Å². The van der Waals surface area contributed by atoms with Crippen LogP contribution in [0.15, 0.2) is 96.1 Å². The van der Waals surface area contributed by atoms with Crippen LogP contribution in [0.1, 0.15) is 28.5 Å². The lowest BCUT2D eigenvalue weighted by molar-refractivity contribution is 0.0955. The van der Waals surface area contributed by atoms with E-state index in [-0.39, 0.29) is 5.91 Å². The summed E-state index contributed by atoms with van der Waals surface area (Å²) in [6.45, 7) is 4.57. The maximum atomic E-state index is 12.5. The van der Waals surface area contributed by atoms with E-state index in [9.17, 15) is 4.79 Å². The van der Waals surface area contributed by atoms with E-state index in [2.05, 4.69) is 46.3 Å². The zero-order valence-corrected chi connectivity index (χ0v) is 18.2. The molecule has 3 aromatic carbocycles. The van der Waals surface area contributed by atoms with Gasteiger partial charge in [0.1, 0.15) is 5.75 Å². The van der Waals surface area contributed by atoms with E-state index >= 15 is 0 Å². The average Bonchev–Trinajstić information content (AvgIpc) is 3.22. The number of aromatic nitrogens is 1. The van der Waals surface area contributed by atoms with E-state index in [1.807, 2.05) is 73.7 Å². The fraction of sp³-hybridized carbons (Fsp3) is 0.111. The first-order valence-electron chi connectivity index (χ1n) is 10.6. The SMILES string of the molecule is CCOc1ccccc1/C=N/NC(=O)c1ccc(-n2c(C)ccc2-c2ccccc2)cc1. The first-order valence-corrected chi connectivity index (χ1v) is 10.6. The summed E-state index contributed by atoms with van der Waals surface area (Å²) in [5, 5.41) is 4.09. The number of hydrazone groups is 1. The van der Waals surface area contributed by atoms with Crippen LogP contribution < -0.4 is 10.2 Å². The summed E-state index contributed by atoms with van der Waals surface area (Å²) in [4.78, 5) is 12.5. The van der Waals surface area contributed by atoms with Crippen molar-refractivity contribution in [2.75, 3.05) is 6.61 Å². The Kier molecular flexibility index (Phi) is 6.46. The predicted octanol–water partition coefficient (Wildman–Crippen LogP) is 5.62. The first kappa shape index (κ1) is 21.1. The lowest BCUT2D eigenvalue weighted by Crippen LogP contribution is -2.17. The highest BCUT2D eigenvalue weighted by atomic mass is 16.5. The number of nitrogens with zero attached hydrogens (tertiary/aromatic N) is 2. The number of ether oxygens (including phenoxy) is 1. The highest BCUT2D eigenvalue weighted by Crippen LogP contribution is 2.26. The number of aryl methyl sites for hydroxylation is 1. The maximum absolute atomic E-state index is 12.5. The van der Waals surface area contributed by atoms with Gasteiger partial charge in [0.05, 0.1) is 18.5 Å². The lowest BCUT2D eigenvalue weighted by Gasteiger charge is -2.12. The van der Waals surface area contributed by atoms with Crippen molar-refractivity contribution in [3.63, 3.8) is 0 Å². The molecule has 5 nitrogen and oxygen atoms in total. The van der Waals surface area contributed by atoms with Crippen molar-refractivity contribution in [1.29, 1.82) is 0 Å². The molecule has 0 fully saturated rings. The molecule has 0 saturated carbocycles. The van der Waals surface area contributed by atoms with Gasteiger partial charge in [-0.1, -0.05) is 42.5 Å². The number of nitrogens with one attached hydrogen (secondary N) is 1. The third kappa shape index (κ3) is 4.62.